The summed E-state index contributed by atoms with van der Waals surface area (Å²) in [5, 5.41) is 0. The highest BCUT2D eigenvalue weighted by Gasteiger charge is 2.06. The van der Waals surface area contributed by atoms with Crippen LogP contribution in [0.5, 0.6) is 0 Å². The van der Waals surface area contributed by atoms with Crippen molar-refractivity contribution in [2.75, 3.05) is 6.54 Å². The van der Waals surface area contributed by atoms with Crippen LogP contribution < -0.4 is 5.73 Å². The predicted octanol–water partition coefficient (Wildman–Crippen LogP) is 4.50. The number of unbranched alkanes of at least 4 members (excludes halogenated alkanes) is 4. The van der Waals surface area contributed by atoms with Crippen LogP contribution in [0.3, 0.4) is 0 Å². The summed E-state index contributed by atoms with van der Waals surface area (Å²) in [5.74, 6) is 0.958. The summed E-state index contributed by atoms with van der Waals surface area (Å²) in [5.41, 5.74) is 5.57. The van der Waals surface area contributed by atoms with Crippen molar-refractivity contribution in [1.82, 2.24) is 0 Å². The third-order valence-corrected chi connectivity index (χ3v) is 3.23. The third-order valence-electron chi connectivity index (χ3n) is 3.23. The van der Waals surface area contributed by atoms with E-state index in [1.807, 2.05) is 0 Å². The summed E-state index contributed by atoms with van der Waals surface area (Å²) in [6.45, 7) is 5.45. The minimum absolute atomic E-state index is 0.871. The monoisotopic (exact) mass is 213 g/mol. The molecule has 0 radical (unpaired) electrons. The first-order valence-corrected chi connectivity index (χ1v) is 7.05. The Balaban J connectivity index is 3.38. The van der Waals surface area contributed by atoms with E-state index in [1.54, 1.807) is 0 Å². The average Bonchev–Trinajstić information content (AvgIpc) is 2.25. The zero-order valence-corrected chi connectivity index (χ0v) is 10.9. The molecule has 2 N–H and O–H groups in total. The number of nitrogens with two attached hydrogens (primary N) is 1. The van der Waals surface area contributed by atoms with Crippen molar-refractivity contribution in [1.29, 1.82) is 0 Å². The van der Waals surface area contributed by atoms with Gasteiger partial charge in [0, 0.05) is 0 Å². The van der Waals surface area contributed by atoms with E-state index in [1.165, 1.54) is 64.2 Å². The second-order valence-corrected chi connectivity index (χ2v) is 4.79. The highest BCUT2D eigenvalue weighted by atomic mass is 14.5. The molecule has 1 atom stereocenters. The van der Waals surface area contributed by atoms with Crippen molar-refractivity contribution in [2.45, 2.75) is 78.1 Å². The van der Waals surface area contributed by atoms with Gasteiger partial charge in [0.1, 0.15) is 0 Å². The van der Waals surface area contributed by atoms with Crippen LogP contribution in [0, 0.1) is 5.92 Å². The Morgan fingerprint density at radius 2 is 1.40 bits per heavy atom. The van der Waals surface area contributed by atoms with Crippen molar-refractivity contribution < 1.29 is 0 Å². The first-order valence-electron chi connectivity index (χ1n) is 7.05. The Morgan fingerprint density at radius 1 is 0.733 bits per heavy atom. The van der Waals surface area contributed by atoms with Crippen LogP contribution in [0.1, 0.15) is 78.1 Å². The largest absolute Gasteiger partial charge is 0.330 e. The highest BCUT2D eigenvalue weighted by Crippen LogP contribution is 2.20. The van der Waals surface area contributed by atoms with E-state index in [4.69, 9.17) is 5.73 Å². The lowest BCUT2D eigenvalue weighted by Crippen LogP contribution is -2.05. The van der Waals surface area contributed by atoms with Gasteiger partial charge >= 0.3 is 0 Å². The average molecular weight is 213 g/mol. The lowest BCUT2D eigenvalue weighted by atomic mass is 9.92. The summed E-state index contributed by atoms with van der Waals surface area (Å²) in [6.07, 6.45) is 13.9. The van der Waals surface area contributed by atoms with Crippen LogP contribution in [0.2, 0.25) is 0 Å². The molecular weight excluding hydrogens is 182 g/mol. The van der Waals surface area contributed by atoms with Crippen LogP contribution in [-0.2, 0) is 0 Å². The van der Waals surface area contributed by atoms with E-state index in [2.05, 4.69) is 13.8 Å². The first-order chi connectivity index (χ1) is 7.35. The van der Waals surface area contributed by atoms with Crippen molar-refractivity contribution in [3.05, 3.63) is 0 Å². The van der Waals surface area contributed by atoms with Gasteiger partial charge < -0.3 is 5.73 Å². The fraction of sp³-hybridized carbons (Fsp3) is 1.00. The summed E-state index contributed by atoms with van der Waals surface area (Å²) >= 11 is 0. The van der Waals surface area contributed by atoms with Gasteiger partial charge in [-0.1, -0.05) is 65.2 Å². The Bertz CT molecular complexity index is 112. The summed E-state index contributed by atoms with van der Waals surface area (Å²) in [7, 11) is 0. The molecule has 0 aliphatic carbocycles. The minimum atomic E-state index is 0.871. The smallest absolute Gasteiger partial charge is 0.00772 e. The molecule has 1 unspecified atom stereocenters. The van der Waals surface area contributed by atoms with E-state index in [0.717, 1.165) is 12.5 Å². The molecule has 0 aromatic rings. The summed E-state index contributed by atoms with van der Waals surface area (Å²) in [4.78, 5) is 0. The molecule has 0 amide bonds. The molecule has 1 nitrogen and oxygen atoms in total. The second-order valence-electron chi connectivity index (χ2n) is 4.79. The molecule has 0 saturated carbocycles. The molecule has 0 aromatic carbocycles. The van der Waals surface area contributed by atoms with Gasteiger partial charge in [0.25, 0.3) is 0 Å². The maximum absolute atomic E-state index is 5.57. The van der Waals surface area contributed by atoms with Crippen LogP contribution in [0.25, 0.3) is 0 Å². The molecular formula is C14H31N. The van der Waals surface area contributed by atoms with Crippen molar-refractivity contribution in [2.24, 2.45) is 11.7 Å². The summed E-state index contributed by atoms with van der Waals surface area (Å²) in [6, 6.07) is 0. The van der Waals surface area contributed by atoms with Gasteiger partial charge in [-0.2, -0.15) is 0 Å². The van der Waals surface area contributed by atoms with Crippen LogP contribution in [0.15, 0.2) is 0 Å². The number of rotatable bonds is 11. The zero-order chi connectivity index (χ0) is 11.4. The Hall–Kier alpha value is -0.0400. The molecule has 0 aliphatic heterocycles. The first kappa shape index (κ1) is 15.0. The number of hydrogen-bond donors (Lipinski definition) is 1. The molecule has 0 spiro atoms. The quantitative estimate of drug-likeness (QED) is 0.502. The minimum Gasteiger partial charge on any atom is -0.330 e. The van der Waals surface area contributed by atoms with E-state index < -0.39 is 0 Å². The highest BCUT2D eigenvalue weighted by molar-refractivity contribution is 4.60. The van der Waals surface area contributed by atoms with Crippen molar-refractivity contribution >= 4 is 0 Å². The van der Waals surface area contributed by atoms with E-state index in [-0.39, 0.29) is 0 Å². The van der Waals surface area contributed by atoms with Crippen molar-refractivity contribution in [3.8, 4) is 0 Å². The molecule has 0 aromatic heterocycles. The van der Waals surface area contributed by atoms with Gasteiger partial charge in [-0.15, -0.1) is 0 Å². The van der Waals surface area contributed by atoms with Gasteiger partial charge in [0.2, 0.25) is 0 Å². The lowest BCUT2D eigenvalue weighted by molar-refractivity contribution is 0.387. The number of hydrogen-bond acceptors (Lipinski definition) is 1. The van der Waals surface area contributed by atoms with Gasteiger partial charge in [0.05, 0.1) is 0 Å². The van der Waals surface area contributed by atoms with Crippen LogP contribution in [-0.4, -0.2) is 6.54 Å². The lowest BCUT2D eigenvalue weighted by Gasteiger charge is -2.15. The Kier molecular flexibility index (Phi) is 12.0. The van der Waals surface area contributed by atoms with Gasteiger partial charge in [0.15, 0.2) is 0 Å². The SMILES string of the molecule is CCCCCCCC(CCC)CCCN. The fourth-order valence-corrected chi connectivity index (χ4v) is 2.28. The second kappa shape index (κ2) is 12.0. The van der Waals surface area contributed by atoms with E-state index in [9.17, 15) is 0 Å². The van der Waals surface area contributed by atoms with Crippen LogP contribution in [0.4, 0.5) is 0 Å². The Morgan fingerprint density at radius 3 is 2.00 bits per heavy atom. The standard InChI is InChI=1S/C14H31N/c1-3-5-6-7-8-11-14(10-4-2)12-9-13-15/h14H,3-13,15H2,1-2H3. The van der Waals surface area contributed by atoms with E-state index >= 15 is 0 Å². The van der Waals surface area contributed by atoms with Gasteiger partial charge in [-0.25, -0.2) is 0 Å². The molecule has 0 heterocycles. The zero-order valence-electron chi connectivity index (χ0n) is 10.9. The molecule has 92 valence electrons. The van der Waals surface area contributed by atoms with Gasteiger partial charge in [-0.05, 0) is 25.3 Å². The molecule has 0 bridgehead atoms. The maximum atomic E-state index is 5.57. The summed E-state index contributed by atoms with van der Waals surface area (Å²) < 4.78 is 0. The predicted molar refractivity (Wildman–Crippen MR) is 70.1 cm³/mol. The molecule has 15 heavy (non-hydrogen) atoms. The fourth-order valence-electron chi connectivity index (χ4n) is 2.28. The Labute approximate surface area is 96.8 Å². The molecule has 1 heteroatoms. The molecule has 0 saturated heterocycles. The normalized spacial score (nSPS) is 13.0. The molecule has 0 fully saturated rings. The molecule has 0 aliphatic rings. The third kappa shape index (κ3) is 10.2. The van der Waals surface area contributed by atoms with Crippen LogP contribution >= 0.6 is 0 Å². The maximum Gasteiger partial charge on any atom is -0.00772 e. The van der Waals surface area contributed by atoms with Crippen molar-refractivity contribution in [3.63, 3.8) is 0 Å². The van der Waals surface area contributed by atoms with E-state index in [0.29, 0.717) is 0 Å². The molecule has 0 rings (SSSR count). The topological polar surface area (TPSA) is 26.0 Å². The van der Waals surface area contributed by atoms with Gasteiger partial charge in [-0.3, -0.25) is 0 Å².